The molecular weight excluding hydrogens is 234 g/mol. The van der Waals surface area contributed by atoms with Crippen molar-refractivity contribution in [2.75, 3.05) is 0 Å². The van der Waals surface area contributed by atoms with Gasteiger partial charge in [0.15, 0.2) is 0 Å². The first-order valence-electron chi connectivity index (χ1n) is 4.28. The number of fused-ring (bicyclic) bond motifs is 1. The molecule has 0 aliphatic rings. The molecule has 1 heterocycles. The molecule has 3 nitrogen and oxygen atoms in total. The molecule has 0 atom stereocenters. The third-order valence-electron chi connectivity index (χ3n) is 2.22. The van der Waals surface area contributed by atoms with Crippen molar-refractivity contribution in [2.24, 2.45) is 0 Å². The van der Waals surface area contributed by atoms with E-state index in [2.05, 4.69) is 4.98 Å². The van der Waals surface area contributed by atoms with E-state index >= 15 is 0 Å². The molecule has 0 aliphatic carbocycles. The van der Waals surface area contributed by atoms with Gasteiger partial charge in [0, 0.05) is 28.0 Å². The molecule has 0 bridgehead atoms. The van der Waals surface area contributed by atoms with Crippen molar-refractivity contribution in [3.63, 3.8) is 0 Å². The molecule has 0 amide bonds. The molecule has 0 aliphatic heterocycles. The molecule has 78 valence electrons. The zero-order valence-electron chi connectivity index (χ0n) is 7.94. The molecule has 0 radical (unpaired) electrons. The summed E-state index contributed by atoms with van der Waals surface area (Å²) in [7, 11) is 1.60. The second-order valence-corrected chi connectivity index (χ2v) is 5.78. The summed E-state index contributed by atoms with van der Waals surface area (Å²) >= 11 is 0. The van der Waals surface area contributed by atoms with Crippen LogP contribution in [0.5, 0.6) is 0 Å². The lowest BCUT2D eigenvalue weighted by atomic mass is 10.1. The molecule has 5 heteroatoms. The zero-order valence-corrected chi connectivity index (χ0v) is 9.51. The summed E-state index contributed by atoms with van der Waals surface area (Å²) in [5.41, 5.74) is 0.787. The normalized spacial score (nSPS) is 11.9. The van der Waals surface area contributed by atoms with Crippen LogP contribution in [0.3, 0.4) is 0 Å². The monoisotopic (exact) mass is 241 g/mol. The summed E-state index contributed by atoms with van der Waals surface area (Å²) in [5, 5.41) is 1.76. The first kappa shape index (κ1) is 10.4. The fourth-order valence-electron chi connectivity index (χ4n) is 1.44. The summed E-state index contributed by atoms with van der Waals surface area (Å²) in [5.74, 6) is 0. The van der Waals surface area contributed by atoms with Gasteiger partial charge in [-0.15, -0.1) is 0 Å². The van der Waals surface area contributed by atoms with Gasteiger partial charge in [-0.2, -0.15) is 0 Å². The van der Waals surface area contributed by atoms with Gasteiger partial charge < -0.3 is 0 Å². The third kappa shape index (κ3) is 1.96. The van der Waals surface area contributed by atoms with Crippen LogP contribution >= 0.6 is 10.7 Å². The molecular formula is C10H8ClNO2S. The van der Waals surface area contributed by atoms with E-state index in [0.29, 0.717) is 0 Å². The van der Waals surface area contributed by atoms with Gasteiger partial charge in [-0.3, -0.25) is 4.98 Å². The van der Waals surface area contributed by atoms with Crippen LogP contribution in [-0.4, -0.2) is 13.4 Å². The SMILES string of the molecule is Cc1nccc2ccc(S(=O)(=O)Cl)cc12. The highest BCUT2D eigenvalue weighted by atomic mass is 35.7. The van der Waals surface area contributed by atoms with Gasteiger partial charge in [0.2, 0.25) is 0 Å². The Bertz CT molecular complexity index is 622. The standard InChI is InChI=1S/C10H8ClNO2S/c1-7-10-6-9(15(11,13)14)3-2-8(10)4-5-12-7/h2-6H,1H3. The summed E-state index contributed by atoms with van der Waals surface area (Å²) < 4.78 is 22.3. The number of benzene rings is 1. The number of hydrogen-bond acceptors (Lipinski definition) is 3. The summed E-state index contributed by atoms with van der Waals surface area (Å²) in [6.45, 7) is 1.83. The van der Waals surface area contributed by atoms with E-state index in [9.17, 15) is 8.42 Å². The number of pyridine rings is 1. The van der Waals surface area contributed by atoms with Crippen LogP contribution in [0.1, 0.15) is 5.69 Å². The van der Waals surface area contributed by atoms with Gasteiger partial charge in [0.25, 0.3) is 9.05 Å². The van der Waals surface area contributed by atoms with Crippen molar-refractivity contribution in [2.45, 2.75) is 11.8 Å². The average Bonchev–Trinajstić information content (AvgIpc) is 2.16. The molecule has 0 saturated carbocycles. The van der Waals surface area contributed by atoms with E-state index in [-0.39, 0.29) is 4.90 Å². The van der Waals surface area contributed by atoms with Crippen LogP contribution in [0.25, 0.3) is 10.8 Å². The van der Waals surface area contributed by atoms with Gasteiger partial charge in [-0.05, 0) is 30.5 Å². The number of aryl methyl sites for hydroxylation is 1. The molecule has 2 rings (SSSR count). The minimum atomic E-state index is -3.67. The molecule has 0 unspecified atom stereocenters. The Hall–Kier alpha value is -1.13. The van der Waals surface area contributed by atoms with E-state index in [4.69, 9.17) is 10.7 Å². The minimum absolute atomic E-state index is 0.104. The Morgan fingerprint density at radius 2 is 2.00 bits per heavy atom. The third-order valence-corrected chi connectivity index (χ3v) is 3.57. The van der Waals surface area contributed by atoms with Crippen LogP contribution in [0.15, 0.2) is 35.4 Å². The van der Waals surface area contributed by atoms with Crippen molar-refractivity contribution in [3.8, 4) is 0 Å². The summed E-state index contributed by atoms with van der Waals surface area (Å²) in [6, 6.07) is 6.58. The molecule has 2 aromatic rings. The Morgan fingerprint density at radius 3 is 2.67 bits per heavy atom. The first-order valence-corrected chi connectivity index (χ1v) is 6.59. The highest BCUT2D eigenvalue weighted by Crippen LogP contribution is 2.22. The maximum Gasteiger partial charge on any atom is 0.261 e. The second-order valence-electron chi connectivity index (χ2n) is 3.22. The average molecular weight is 242 g/mol. The van der Waals surface area contributed by atoms with Gasteiger partial charge in [-0.25, -0.2) is 8.42 Å². The maximum absolute atomic E-state index is 11.1. The number of halogens is 1. The van der Waals surface area contributed by atoms with E-state index in [0.717, 1.165) is 16.5 Å². The zero-order chi connectivity index (χ0) is 11.1. The maximum atomic E-state index is 11.1. The topological polar surface area (TPSA) is 47.0 Å². The molecule has 1 aromatic carbocycles. The van der Waals surface area contributed by atoms with E-state index in [1.165, 1.54) is 6.07 Å². The number of hydrogen-bond donors (Lipinski definition) is 0. The number of nitrogens with zero attached hydrogens (tertiary/aromatic N) is 1. The van der Waals surface area contributed by atoms with Gasteiger partial charge in [-0.1, -0.05) is 6.07 Å². The van der Waals surface area contributed by atoms with Crippen LogP contribution in [0.2, 0.25) is 0 Å². The highest BCUT2D eigenvalue weighted by molar-refractivity contribution is 8.13. The minimum Gasteiger partial charge on any atom is -0.261 e. The van der Waals surface area contributed by atoms with E-state index < -0.39 is 9.05 Å². The quantitative estimate of drug-likeness (QED) is 0.721. The highest BCUT2D eigenvalue weighted by Gasteiger charge is 2.10. The lowest BCUT2D eigenvalue weighted by molar-refractivity contribution is 0.609. The smallest absolute Gasteiger partial charge is 0.261 e. The van der Waals surface area contributed by atoms with Gasteiger partial charge in [0.1, 0.15) is 0 Å². The summed E-state index contributed by atoms with van der Waals surface area (Å²) in [4.78, 5) is 4.20. The first-order chi connectivity index (χ1) is 6.98. The second kappa shape index (κ2) is 3.47. The fourth-order valence-corrected chi connectivity index (χ4v) is 2.22. The predicted octanol–water partition coefficient (Wildman–Crippen LogP) is 2.47. The van der Waals surface area contributed by atoms with Crippen LogP contribution in [0, 0.1) is 6.92 Å². The molecule has 15 heavy (non-hydrogen) atoms. The number of aromatic nitrogens is 1. The number of rotatable bonds is 1. The van der Waals surface area contributed by atoms with Gasteiger partial charge >= 0.3 is 0 Å². The van der Waals surface area contributed by atoms with Crippen molar-refractivity contribution < 1.29 is 8.42 Å². The molecule has 0 N–H and O–H groups in total. The van der Waals surface area contributed by atoms with Gasteiger partial charge in [0.05, 0.1) is 4.90 Å². The molecule has 1 aromatic heterocycles. The fraction of sp³-hybridized carbons (Fsp3) is 0.100. The van der Waals surface area contributed by atoms with Crippen molar-refractivity contribution in [3.05, 3.63) is 36.2 Å². The lowest BCUT2D eigenvalue weighted by Crippen LogP contribution is -1.91. The van der Waals surface area contributed by atoms with Crippen molar-refractivity contribution in [1.82, 2.24) is 4.98 Å². The predicted molar refractivity (Wildman–Crippen MR) is 59.5 cm³/mol. The Kier molecular flexibility index (Phi) is 2.40. The molecule has 0 spiro atoms. The molecule has 0 fully saturated rings. The van der Waals surface area contributed by atoms with Crippen molar-refractivity contribution >= 4 is 30.5 Å². The molecule has 0 saturated heterocycles. The summed E-state index contributed by atoms with van der Waals surface area (Å²) in [6.07, 6.45) is 1.69. The Balaban J connectivity index is 2.81. The Morgan fingerprint density at radius 1 is 1.27 bits per heavy atom. The lowest BCUT2D eigenvalue weighted by Gasteiger charge is -2.02. The Labute approximate surface area is 92.1 Å². The van der Waals surface area contributed by atoms with Crippen LogP contribution in [0.4, 0.5) is 0 Å². The van der Waals surface area contributed by atoms with E-state index in [1.54, 1.807) is 18.3 Å². The van der Waals surface area contributed by atoms with Crippen molar-refractivity contribution in [1.29, 1.82) is 0 Å². The van der Waals surface area contributed by atoms with Crippen LogP contribution < -0.4 is 0 Å². The van der Waals surface area contributed by atoms with E-state index in [1.807, 2.05) is 13.0 Å². The largest absolute Gasteiger partial charge is 0.261 e. The van der Waals surface area contributed by atoms with Crippen LogP contribution in [-0.2, 0) is 9.05 Å².